The van der Waals surface area contributed by atoms with Crippen LogP contribution in [0.1, 0.15) is 33.2 Å². The summed E-state index contributed by atoms with van der Waals surface area (Å²) in [5.41, 5.74) is 2.66. The summed E-state index contributed by atoms with van der Waals surface area (Å²) in [7, 11) is 0. The number of hydrogen-bond acceptors (Lipinski definition) is 4. The van der Waals surface area contributed by atoms with E-state index in [9.17, 15) is 9.59 Å². The molecule has 112 valence electrons. The Morgan fingerprint density at radius 3 is 2.95 bits per heavy atom. The van der Waals surface area contributed by atoms with Gasteiger partial charge in [-0.25, -0.2) is 4.98 Å². The van der Waals surface area contributed by atoms with Crippen LogP contribution in [-0.4, -0.2) is 22.6 Å². The molecule has 6 heteroatoms. The van der Waals surface area contributed by atoms with E-state index in [1.807, 2.05) is 12.1 Å². The molecular weight excluding hydrogens is 298 g/mol. The largest absolute Gasteiger partial charge is 0.348 e. The number of nitrogens with one attached hydrogen (secondary N) is 2. The number of pyridine rings is 1. The molecule has 0 fully saturated rings. The van der Waals surface area contributed by atoms with Crippen molar-refractivity contribution in [2.45, 2.75) is 18.5 Å². The maximum absolute atomic E-state index is 12.2. The third-order valence-electron chi connectivity index (χ3n) is 3.34. The van der Waals surface area contributed by atoms with E-state index < -0.39 is 0 Å². The van der Waals surface area contributed by atoms with E-state index >= 15 is 0 Å². The van der Waals surface area contributed by atoms with Crippen molar-refractivity contribution >= 4 is 29.3 Å². The van der Waals surface area contributed by atoms with E-state index in [1.54, 1.807) is 36.2 Å². The summed E-state index contributed by atoms with van der Waals surface area (Å²) in [6, 6.07) is 8.93. The minimum absolute atomic E-state index is 0.103. The van der Waals surface area contributed by atoms with Crippen LogP contribution in [0.2, 0.25) is 0 Å². The highest BCUT2D eigenvalue weighted by atomic mass is 32.2. The van der Waals surface area contributed by atoms with E-state index in [1.165, 1.54) is 0 Å². The van der Waals surface area contributed by atoms with E-state index in [2.05, 4.69) is 22.5 Å². The molecule has 5 nitrogen and oxygen atoms in total. The Morgan fingerprint density at radius 1 is 1.36 bits per heavy atom. The predicted octanol–water partition coefficient (Wildman–Crippen LogP) is 2.69. The van der Waals surface area contributed by atoms with Crippen LogP contribution < -0.4 is 10.6 Å². The Balaban J connectivity index is 1.74. The van der Waals surface area contributed by atoms with Gasteiger partial charge in [0.2, 0.25) is 0 Å². The maximum atomic E-state index is 12.2. The summed E-state index contributed by atoms with van der Waals surface area (Å²) in [6.07, 6.45) is 1.56. The molecular formula is C16H15N3O2S. The topological polar surface area (TPSA) is 71.1 Å². The van der Waals surface area contributed by atoms with E-state index in [0.717, 1.165) is 16.3 Å². The van der Waals surface area contributed by atoms with Gasteiger partial charge in [0, 0.05) is 24.0 Å². The second-order valence-corrected chi connectivity index (χ2v) is 6.11. The molecule has 0 unspecified atom stereocenters. The van der Waals surface area contributed by atoms with Crippen LogP contribution in [0.25, 0.3) is 0 Å². The second kappa shape index (κ2) is 6.19. The minimum atomic E-state index is -0.237. The number of carbonyl (C=O) groups is 2. The van der Waals surface area contributed by atoms with Gasteiger partial charge < -0.3 is 10.6 Å². The van der Waals surface area contributed by atoms with E-state index in [4.69, 9.17) is 0 Å². The van der Waals surface area contributed by atoms with Crippen molar-refractivity contribution in [1.29, 1.82) is 0 Å². The van der Waals surface area contributed by atoms with Crippen molar-refractivity contribution in [2.75, 3.05) is 11.1 Å². The molecule has 0 saturated heterocycles. The molecule has 0 atom stereocenters. The lowest BCUT2D eigenvalue weighted by Gasteiger charge is -2.07. The fourth-order valence-corrected chi connectivity index (χ4v) is 2.83. The standard InChI is InChI=1S/C16H15N3O2S/c1-2-22-14-6-4-11(9-17-14)15(20)19-12-5-3-10-8-18-16(21)13(10)7-12/h3-7,9H,2,8H2,1H3,(H,18,21)(H,19,20). The molecule has 3 rings (SSSR count). The Labute approximate surface area is 132 Å². The highest BCUT2D eigenvalue weighted by Gasteiger charge is 2.19. The smallest absolute Gasteiger partial charge is 0.257 e. The summed E-state index contributed by atoms with van der Waals surface area (Å²) in [5.74, 6) is 0.600. The van der Waals surface area contributed by atoms with Crippen LogP contribution in [0.5, 0.6) is 0 Å². The average Bonchev–Trinajstić information content (AvgIpc) is 2.89. The van der Waals surface area contributed by atoms with E-state index in [-0.39, 0.29) is 11.8 Å². The SMILES string of the molecule is CCSc1ccc(C(=O)Nc2ccc3c(c2)C(=O)NC3)cn1. The zero-order chi connectivity index (χ0) is 15.5. The fourth-order valence-electron chi connectivity index (χ4n) is 2.24. The van der Waals surface area contributed by atoms with Gasteiger partial charge >= 0.3 is 0 Å². The number of fused-ring (bicyclic) bond motifs is 1. The van der Waals surface area contributed by atoms with Crippen molar-refractivity contribution < 1.29 is 9.59 Å². The summed E-state index contributed by atoms with van der Waals surface area (Å²) >= 11 is 1.63. The van der Waals surface area contributed by atoms with Gasteiger partial charge in [-0.3, -0.25) is 9.59 Å². The van der Waals surface area contributed by atoms with Gasteiger partial charge in [-0.05, 0) is 35.6 Å². The lowest BCUT2D eigenvalue weighted by molar-refractivity contribution is 0.0964. The molecule has 0 saturated carbocycles. The second-order valence-electron chi connectivity index (χ2n) is 4.83. The molecule has 2 aromatic rings. The highest BCUT2D eigenvalue weighted by molar-refractivity contribution is 7.99. The fraction of sp³-hybridized carbons (Fsp3) is 0.188. The number of carbonyl (C=O) groups excluding carboxylic acids is 2. The summed E-state index contributed by atoms with van der Waals surface area (Å²) in [6.45, 7) is 2.60. The lowest BCUT2D eigenvalue weighted by atomic mass is 10.1. The number of amides is 2. The monoisotopic (exact) mass is 313 g/mol. The molecule has 1 aliphatic rings. The first-order valence-electron chi connectivity index (χ1n) is 6.98. The molecule has 1 aromatic carbocycles. The number of thioether (sulfide) groups is 1. The summed E-state index contributed by atoms with van der Waals surface area (Å²) in [4.78, 5) is 28.1. The number of anilines is 1. The van der Waals surface area contributed by atoms with Crippen LogP contribution in [-0.2, 0) is 6.54 Å². The lowest BCUT2D eigenvalue weighted by Crippen LogP contribution is -2.14. The zero-order valence-electron chi connectivity index (χ0n) is 12.1. The summed E-state index contributed by atoms with van der Waals surface area (Å²) in [5, 5.41) is 6.44. The first kappa shape index (κ1) is 14.6. The van der Waals surface area contributed by atoms with E-state index in [0.29, 0.717) is 23.4 Å². The average molecular weight is 313 g/mol. The Bertz CT molecular complexity index is 729. The number of nitrogens with zero attached hydrogens (tertiary/aromatic N) is 1. The third-order valence-corrected chi connectivity index (χ3v) is 4.17. The van der Waals surface area contributed by atoms with Crippen LogP contribution in [0.4, 0.5) is 5.69 Å². The van der Waals surface area contributed by atoms with Gasteiger partial charge in [0.1, 0.15) is 0 Å². The van der Waals surface area contributed by atoms with Crippen molar-refractivity contribution in [2.24, 2.45) is 0 Å². The van der Waals surface area contributed by atoms with Gasteiger partial charge in [-0.1, -0.05) is 13.0 Å². The normalized spacial score (nSPS) is 12.7. The number of aromatic nitrogens is 1. The van der Waals surface area contributed by atoms with Crippen LogP contribution in [0.15, 0.2) is 41.6 Å². The molecule has 2 N–H and O–H groups in total. The van der Waals surface area contributed by atoms with Crippen LogP contribution >= 0.6 is 11.8 Å². The molecule has 22 heavy (non-hydrogen) atoms. The molecule has 0 spiro atoms. The Hall–Kier alpha value is -2.34. The molecule has 1 aliphatic heterocycles. The number of rotatable bonds is 4. The van der Waals surface area contributed by atoms with Crippen LogP contribution in [0, 0.1) is 0 Å². The van der Waals surface area contributed by atoms with Crippen molar-refractivity contribution in [3.63, 3.8) is 0 Å². The van der Waals surface area contributed by atoms with Gasteiger partial charge in [-0.2, -0.15) is 0 Å². The van der Waals surface area contributed by atoms with Crippen molar-refractivity contribution in [3.8, 4) is 0 Å². The molecule has 2 heterocycles. The van der Waals surface area contributed by atoms with Gasteiger partial charge in [0.25, 0.3) is 11.8 Å². The maximum Gasteiger partial charge on any atom is 0.257 e. The highest BCUT2D eigenvalue weighted by Crippen LogP contribution is 2.21. The van der Waals surface area contributed by atoms with Crippen molar-refractivity contribution in [3.05, 3.63) is 53.2 Å². The van der Waals surface area contributed by atoms with Crippen molar-refractivity contribution in [1.82, 2.24) is 10.3 Å². The molecule has 0 radical (unpaired) electrons. The number of hydrogen-bond donors (Lipinski definition) is 2. The van der Waals surface area contributed by atoms with Gasteiger partial charge in [0.15, 0.2) is 0 Å². The third kappa shape index (κ3) is 2.96. The number of benzene rings is 1. The van der Waals surface area contributed by atoms with Gasteiger partial charge in [-0.15, -0.1) is 11.8 Å². The predicted molar refractivity (Wildman–Crippen MR) is 86.2 cm³/mol. The van der Waals surface area contributed by atoms with Crippen LogP contribution in [0.3, 0.4) is 0 Å². The molecule has 0 bridgehead atoms. The Morgan fingerprint density at radius 2 is 2.23 bits per heavy atom. The first-order valence-corrected chi connectivity index (χ1v) is 7.97. The Kier molecular flexibility index (Phi) is 4.11. The molecule has 2 amide bonds. The van der Waals surface area contributed by atoms with Gasteiger partial charge in [0.05, 0.1) is 10.6 Å². The molecule has 1 aromatic heterocycles. The molecule has 0 aliphatic carbocycles. The first-order chi connectivity index (χ1) is 10.7. The zero-order valence-corrected chi connectivity index (χ0v) is 12.9. The summed E-state index contributed by atoms with van der Waals surface area (Å²) < 4.78 is 0. The minimum Gasteiger partial charge on any atom is -0.348 e. The quantitative estimate of drug-likeness (QED) is 0.851.